The maximum Gasteiger partial charge on any atom is 0.0492 e. The molecule has 1 aromatic heterocycles. The van der Waals surface area contributed by atoms with Gasteiger partial charge in [-0.25, -0.2) is 0 Å². The molecule has 0 bridgehead atoms. The second-order valence-corrected chi connectivity index (χ2v) is 5.54. The predicted molar refractivity (Wildman–Crippen MR) is 82.6 cm³/mol. The lowest BCUT2D eigenvalue weighted by molar-refractivity contribution is 0.115. The Hall–Kier alpha value is -1.49. The minimum Gasteiger partial charge on any atom is -0.329 e. The SMILES string of the molecule is CN1CCN(C(CN)c2cncc3ccccc23)CC1. The highest BCUT2D eigenvalue weighted by molar-refractivity contribution is 5.85. The van der Waals surface area contributed by atoms with Crippen LogP contribution in [0.5, 0.6) is 0 Å². The van der Waals surface area contributed by atoms with E-state index >= 15 is 0 Å². The zero-order valence-electron chi connectivity index (χ0n) is 12.0. The lowest BCUT2D eigenvalue weighted by Crippen LogP contribution is -2.47. The topological polar surface area (TPSA) is 45.4 Å². The van der Waals surface area contributed by atoms with Gasteiger partial charge in [-0.15, -0.1) is 0 Å². The number of nitrogens with two attached hydrogens (primary N) is 1. The fourth-order valence-corrected chi connectivity index (χ4v) is 3.01. The number of aromatic nitrogens is 1. The van der Waals surface area contributed by atoms with E-state index < -0.39 is 0 Å². The molecule has 0 amide bonds. The molecule has 2 heterocycles. The molecule has 0 aliphatic carbocycles. The second-order valence-electron chi connectivity index (χ2n) is 5.54. The van der Waals surface area contributed by atoms with E-state index in [4.69, 9.17) is 5.73 Å². The van der Waals surface area contributed by atoms with E-state index in [1.807, 2.05) is 12.4 Å². The molecular formula is C16H22N4. The fraction of sp³-hybridized carbons (Fsp3) is 0.438. The molecule has 4 heteroatoms. The summed E-state index contributed by atoms with van der Waals surface area (Å²) < 4.78 is 0. The van der Waals surface area contributed by atoms with Gasteiger partial charge < -0.3 is 10.6 Å². The number of fused-ring (bicyclic) bond motifs is 1. The zero-order valence-corrected chi connectivity index (χ0v) is 12.0. The van der Waals surface area contributed by atoms with Gasteiger partial charge in [0.25, 0.3) is 0 Å². The third-order valence-corrected chi connectivity index (χ3v) is 4.26. The average Bonchev–Trinajstić information content (AvgIpc) is 2.50. The van der Waals surface area contributed by atoms with Crippen LogP contribution in [0.3, 0.4) is 0 Å². The molecule has 1 unspecified atom stereocenters. The van der Waals surface area contributed by atoms with Crippen molar-refractivity contribution in [1.82, 2.24) is 14.8 Å². The van der Waals surface area contributed by atoms with Gasteiger partial charge in [0.1, 0.15) is 0 Å². The Morgan fingerprint density at radius 2 is 1.90 bits per heavy atom. The van der Waals surface area contributed by atoms with Crippen molar-refractivity contribution in [3.8, 4) is 0 Å². The Bertz CT molecular complexity index is 570. The van der Waals surface area contributed by atoms with Crippen LogP contribution < -0.4 is 5.73 Å². The van der Waals surface area contributed by atoms with E-state index in [-0.39, 0.29) is 6.04 Å². The number of nitrogens with zero attached hydrogens (tertiary/aromatic N) is 3. The predicted octanol–water partition coefficient (Wildman–Crippen LogP) is 1.48. The van der Waals surface area contributed by atoms with Crippen LogP contribution in [0.1, 0.15) is 11.6 Å². The Morgan fingerprint density at radius 3 is 2.65 bits per heavy atom. The highest BCUT2D eigenvalue weighted by atomic mass is 15.3. The molecule has 0 saturated carbocycles. The van der Waals surface area contributed by atoms with Crippen molar-refractivity contribution < 1.29 is 0 Å². The van der Waals surface area contributed by atoms with Crippen molar-refractivity contribution >= 4 is 10.8 Å². The van der Waals surface area contributed by atoms with Gasteiger partial charge in [0, 0.05) is 56.5 Å². The quantitative estimate of drug-likeness (QED) is 0.917. The highest BCUT2D eigenvalue weighted by Crippen LogP contribution is 2.27. The lowest BCUT2D eigenvalue weighted by Gasteiger charge is -2.38. The van der Waals surface area contributed by atoms with Crippen LogP contribution in [0, 0.1) is 0 Å². The molecule has 0 radical (unpaired) electrons. The summed E-state index contributed by atoms with van der Waals surface area (Å²) in [7, 11) is 2.17. The molecule has 2 aromatic rings. The van der Waals surface area contributed by atoms with E-state index in [9.17, 15) is 0 Å². The van der Waals surface area contributed by atoms with E-state index in [2.05, 4.69) is 46.1 Å². The van der Waals surface area contributed by atoms with Crippen LogP contribution >= 0.6 is 0 Å². The van der Waals surface area contributed by atoms with E-state index in [0.717, 1.165) is 26.2 Å². The van der Waals surface area contributed by atoms with Gasteiger partial charge in [-0.2, -0.15) is 0 Å². The zero-order chi connectivity index (χ0) is 13.9. The molecule has 1 fully saturated rings. The fourth-order valence-electron chi connectivity index (χ4n) is 3.01. The lowest BCUT2D eigenvalue weighted by atomic mass is 10.00. The van der Waals surface area contributed by atoms with Gasteiger partial charge >= 0.3 is 0 Å². The van der Waals surface area contributed by atoms with Crippen LogP contribution in [0.25, 0.3) is 10.8 Å². The van der Waals surface area contributed by atoms with Crippen LogP contribution in [-0.4, -0.2) is 54.6 Å². The summed E-state index contributed by atoms with van der Waals surface area (Å²) in [5.41, 5.74) is 7.34. The third kappa shape index (κ3) is 2.54. The van der Waals surface area contributed by atoms with Crippen LogP contribution in [-0.2, 0) is 0 Å². The van der Waals surface area contributed by atoms with Gasteiger partial charge in [-0.1, -0.05) is 24.3 Å². The first kappa shape index (κ1) is 13.5. The largest absolute Gasteiger partial charge is 0.329 e. The molecule has 1 saturated heterocycles. The monoisotopic (exact) mass is 270 g/mol. The molecule has 1 aliphatic rings. The number of hydrogen-bond donors (Lipinski definition) is 1. The summed E-state index contributed by atoms with van der Waals surface area (Å²) >= 11 is 0. The highest BCUT2D eigenvalue weighted by Gasteiger charge is 2.24. The average molecular weight is 270 g/mol. The minimum absolute atomic E-state index is 0.266. The van der Waals surface area contributed by atoms with Crippen molar-refractivity contribution in [2.24, 2.45) is 5.73 Å². The number of piperazine rings is 1. The van der Waals surface area contributed by atoms with Crippen LogP contribution in [0.15, 0.2) is 36.7 Å². The van der Waals surface area contributed by atoms with Crippen LogP contribution in [0.4, 0.5) is 0 Å². The number of hydrogen-bond acceptors (Lipinski definition) is 4. The van der Waals surface area contributed by atoms with Gasteiger partial charge in [-0.3, -0.25) is 9.88 Å². The van der Waals surface area contributed by atoms with Crippen molar-refractivity contribution in [3.05, 3.63) is 42.2 Å². The summed E-state index contributed by atoms with van der Waals surface area (Å²) in [6, 6.07) is 8.70. The first-order chi connectivity index (χ1) is 9.79. The van der Waals surface area contributed by atoms with Crippen molar-refractivity contribution in [2.45, 2.75) is 6.04 Å². The second kappa shape index (κ2) is 5.87. The van der Waals surface area contributed by atoms with Gasteiger partial charge in [0.05, 0.1) is 0 Å². The number of rotatable bonds is 3. The smallest absolute Gasteiger partial charge is 0.0492 e. The third-order valence-electron chi connectivity index (χ3n) is 4.26. The Labute approximate surface area is 120 Å². The van der Waals surface area contributed by atoms with Crippen LogP contribution in [0.2, 0.25) is 0 Å². The first-order valence-electron chi connectivity index (χ1n) is 7.25. The van der Waals surface area contributed by atoms with Gasteiger partial charge in [-0.05, 0) is 18.0 Å². The summed E-state index contributed by atoms with van der Waals surface area (Å²) in [4.78, 5) is 9.25. The molecule has 0 spiro atoms. The Kier molecular flexibility index (Phi) is 3.96. The normalized spacial score (nSPS) is 19.3. The molecule has 4 nitrogen and oxygen atoms in total. The standard InChI is InChI=1S/C16H22N4/c1-19-6-8-20(9-7-19)16(10-17)15-12-18-11-13-4-2-3-5-14(13)15/h2-5,11-12,16H,6-10,17H2,1H3. The minimum atomic E-state index is 0.266. The molecule has 106 valence electrons. The molecule has 2 N–H and O–H groups in total. The molecule has 20 heavy (non-hydrogen) atoms. The summed E-state index contributed by atoms with van der Waals surface area (Å²) in [5, 5.41) is 2.47. The van der Waals surface area contributed by atoms with Crippen molar-refractivity contribution in [3.63, 3.8) is 0 Å². The maximum absolute atomic E-state index is 6.08. The number of pyridine rings is 1. The van der Waals surface area contributed by atoms with E-state index in [1.165, 1.54) is 16.3 Å². The number of likely N-dealkylation sites (N-methyl/N-ethyl adjacent to an activating group) is 1. The molecule has 1 aliphatic heterocycles. The first-order valence-corrected chi connectivity index (χ1v) is 7.25. The summed E-state index contributed by atoms with van der Waals surface area (Å²) in [6.45, 7) is 4.99. The van der Waals surface area contributed by atoms with E-state index in [0.29, 0.717) is 6.54 Å². The molecule has 1 atom stereocenters. The van der Waals surface area contributed by atoms with Crippen molar-refractivity contribution in [1.29, 1.82) is 0 Å². The molecular weight excluding hydrogens is 248 g/mol. The molecule has 3 rings (SSSR count). The van der Waals surface area contributed by atoms with Gasteiger partial charge in [0.2, 0.25) is 0 Å². The van der Waals surface area contributed by atoms with Gasteiger partial charge in [0.15, 0.2) is 0 Å². The molecule has 1 aromatic carbocycles. The Morgan fingerprint density at radius 1 is 1.15 bits per heavy atom. The van der Waals surface area contributed by atoms with E-state index in [1.54, 1.807) is 0 Å². The summed E-state index contributed by atoms with van der Waals surface area (Å²) in [5.74, 6) is 0. The maximum atomic E-state index is 6.08. The number of benzene rings is 1. The Balaban J connectivity index is 1.95. The summed E-state index contributed by atoms with van der Waals surface area (Å²) in [6.07, 6.45) is 3.91. The van der Waals surface area contributed by atoms with Crippen molar-refractivity contribution in [2.75, 3.05) is 39.8 Å².